The summed E-state index contributed by atoms with van der Waals surface area (Å²) in [5.74, 6) is 1.01. The number of hydrogen-bond donors (Lipinski definition) is 0. The molecule has 56 valence electrons. The molecule has 0 aliphatic carbocycles. The lowest BCUT2D eigenvalue weighted by atomic mass is 10.2. The molecule has 0 radical (unpaired) electrons. The van der Waals surface area contributed by atoms with Gasteiger partial charge in [-0.1, -0.05) is 6.07 Å². The van der Waals surface area contributed by atoms with E-state index in [1.54, 1.807) is 0 Å². The molecule has 1 aromatic carbocycles. The van der Waals surface area contributed by atoms with Gasteiger partial charge in [-0.25, -0.2) is 0 Å². The fourth-order valence-electron chi connectivity index (χ4n) is 1.11. The molecular weight excluding hydrogens is 154 g/mol. The van der Waals surface area contributed by atoms with Crippen molar-refractivity contribution in [1.82, 2.24) is 0 Å². The average molecular weight is 163 g/mol. The van der Waals surface area contributed by atoms with Crippen LogP contribution in [0.4, 0.5) is 5.69 Å². The monoisotopic (exact) mass is 163 g/mol. The maximum atomic E-state index is 4.31. The third-order valence-corrected chi connectivity index (χ3v) is 2.63. The van der Waals surface area contributed by atoms with Gasteiger partial charge in [0.05, 0.1) is 5.69 Å². The zero-order valence-electron chi connectivity index (χ0n) is 6.37. The van der Waals surface area contributed by atoms with Gasteiger partial charge in [0.1, 0.15) is 0 Å². The lowest BCUT2D eigenvalue weighted by Crippen LogP contribution is -1.88. The summed E-state index contributed by atoms with van der Waals surface area (Å²) in [7, 11) is 0. The molecule has 0 saturated carbocycles. The van der Waals surface area contributed by atoms with E-state index in [0.717, 1.165) is 11.4 Å². The summed E-state index contributed by atoms with van der Waals surface area (Å²) in [5.41, 5.74) is 2.41. The second-order valence-electron chi connectivity index (χ2n) is 2.59. The summed E-state index contributed by atoms with van der Waals surface area (Å²) in [4.78, 5) is 5.61. The van der Waals surface area contributed by atoms with E-state index in [4.69, 9.17) is 0 Å². The van der Waals surface area contributed by atoms with Crippen LogP contribution in [0.1, 0.15) is 5.56 Å². The first-order valence-corrected chi connectivity index (χ1v) is 4.61. The molecular formula is C9H9NS. The van der Waals surface area contributed by atoms with Crippen LogP contribution in [0.2, 0.25) is 0 Å². The third kappa shape index (κ3) is 1.31. The predicted molar refractivity (Wildman–Crippen MR) is 50.1 cm³/mol. The van der Waals surface area contributed by atoms with Crippen LogP contribution in [0.25, 0.3) is 0 Å². The minimum atomic E-state index is 1.01. The zero-order valence-corrected chi connectivity index (χ0v) is 7.19. The Morgan fingerprint density at radius 2 is 2.36 bits per heavy atom. The Hall–Kier alpha value is -0.760. The lowest BCUT2D eigenvalue weighted by molar-refractivity contribution is 1.32. The number of thioether (sulfide) groups is 1. The van der Waals surface area contributed by atoms with Crippen molar-refractivity contribution in [2.45, 2.75) is 11.8 Å². The van der Waals surface area contributed by atoms with Crippen LogP contribution in [-0.4, -0.2) is 12.0 Å². The second kappa shape index (κ2) is 2.70. The minimum absolute atomic E-state index is 1.01. The largest absolute Gasteiger partial charge is 0.259 e. The van der Waals surface area contributed by atoms with Crippen molar-refractivity contribution >= 4 is 23.7 Å². The Labute approximate surface area is 70.5 Å². The van der Waals surface area contributed by atoms with E-state index in [0.29, 0.717) is 0 Å². The second-order valence-corrected chi connectivity index (χ2v) is 3.66. The first-order chi connectivity index (χ1) is 5.36. The van der Waals surface area contributed by atoms with Crippen LogP contribution < -0.4 is 0 Å². The van der Waals surface area contributed by atoms with Crippen molar-refractivity contribution in [3.05, 3.63) is 23.8 Å². The van der Waals surface area contributed by atoms with E-state index < -0.39 is 0 Å². The van der Waals surface area contributed by atoms with Gasteiger partial charge in [-0.3, -0.25) is 4.99 Å². The van der Waals surface area contributed by atoms with Gasteiger partial charge in [-0.15, -0.1) is 11.8 Å². The summed E-state index contributed by atoms with van der Waals surface area (Å²) < 4.78 is 0. The van der Waals surface area contributed by atoms with E-state index in [2.05, 4.69) is 30.1 Å². The number of nitrogens with zero attached hydrogens (tertiary/aromatic N) is 1. The Morgan fingerprint density at radius 1 is 1.45 bits per heavy atom. The maximum absolute atomic E-state index is 4.31. The topological polar surface area (TPSA) is 12.4 Å². The smallest absolute Gasteiger partial charge is 0.0764 e. The van der Waals surface area contributed by atoms with Crippen molar-refractivity contribution < 1.29 is 0 Å². The highest BCUT2D eigenvalue weighted by molar-refractivity contribution is 8.00. The number of hydrogen-bond acceptors (Lipinski definition) is 2. The molecule has 0 N–H and O–H groups in total. The van der Waals surface area contributed by atoms with Crippen molar-refractivity contribution in [2.24, 2.45) is 4.99 Å². The van der Waals surface area contributed by atoms with E-state index in [9.17, 15) is 0 Å². The van der Waals surface area contributed by atoms with E-state index in [1.165, 1.54) is 10.5 Å². The van der Waals surface area contributed by atoms with Gasteiger partial charge in [0, 0.05) is 16.9 Å². The number of benzene rings is 1. The molecule has 0 aromatic heterocycles. The van der Waals surface area contributed by atoms with Gasteiger partial charge in [-0.05, 0) is 24.6 Å². The summed E-state index contributed by atoms with van der Waals surface area (Å²) in [6, 6.07) is 6.40. The van der Waals surface area contributed by atoms with Gasteiger partial charge >= 0.3 is 0 Å². The quantitative estimate of drug-likeness (QED) is 0.573. The third-order valence-electron chi connectivity index (χ3n) is 1.66. The molecule has 0 amide bonds. The molecule has 11 heavy (non-hydrogen) atoms. The standard InChI is InChI=1S/C9H9NS/c1-7-2-3-9-8(6-7)10-4-5-11-9/h2-4,6H,5H2,1H3. The highest BCUT2D eigenvalue weighted by Gasteiger charge is 2.04. The molecule has 2 heteroatoms. The minimum Gasteiger partial charge on any atom is -0.259 e. The zero-order chi connectivity index (χ0) is 7.68. The van der Waals surface area contributed by atoms with Crippen LogP contribution in [0.15, 0.2) is 28.1 Å². The van der Waals surface area contributed by atoms with Gasteiger partial charge in [0.15, 0.2) is 0 Å². The molecule has 1 aliphatic heterocycles. The molecule has 0 atom stereocenters. The summed E-state index contributed by atoms with van der Waals surface area (Å²) >= 11 is 1.85. The molecule has 2 rings (SSSR count). The van der Waals surface area contributed by atoms with E-state index >= 15 is 0 Å². The summed E-state index contributed by atoms with van der Waals surface area (Å²) in [6.45, 7) is 2.09. The molecule has 0 unspecified atom stereocenters. The van der Waals surface area contributed by atoms with Gasteiger partial charge in [0.25, 0.3) is 0 Å². The predicted octanol–water partition coefficient (Wildman–Crippen LogP) is 2.80. The van der Waals surface area contributed by atoms with Crippen LogP contribution >= 0.6 is 11.8 Å². The van der Waals surface area contributed by atoms with Crippen LogP contribution in [0.5, 0.6) is 0 Å². The molecule has 0 saturated heterocycles. The SMILES string of the molecule is Cc1ccc2c(c1)N=CCS2. The van der Waals surface area contributed by atoms with Gasteiger partial charge in [0.2, 0.25) is 0 Å². The summed E-state index contributed by atoms with van der Waals surface area (Å²) in [6.07, 6.45) is 1.96. The van der Waals surface area contributed by atoms with Crippen molar-refractivity contribution in [3.8, 4) is 0 Å². The molecule has 1 aromatic rings. The fraction of sp³-hybridized carbons (Fsp3) is 0.222. The van der Waals surface area contributed by atoms with Crippen molar-refractivity contribution in [1.29, 1.82) is 0 Å². The molecule has 1 nitrogen and oxygen atoms in total. The number of rotatable bonds is 0. The Bertz CT molecular complexity index is 304. The van der Waals surface area contributed by atoms with E-state index in [-0.39, 0.29) is 0 Å². The number of fused-ring (bicyclic) bond motifs is 1. The Balaban J connectivity index is 2.54. The van der Waals surface area contributed by atoms with Crippen molar-refractivity contribution in [2.75, 3.05) is 5.75 Å². The highest BCUT2D eigenvalue weighted by Crippen LogP contribution is 2.32. The molecule has 1 heterocycles. The number of aryl methyl sites for hydroxylation is 1. The van der Waals surface area contributed by atoms with E-state index in [1.807, 2.05) is 18.0 Å². The maximum Gasteiger partial charge on any atom is 0.0764 e. The fourth-order valence-corrected chi connectivity index (χ4v) is 1.87. The van der Waals surface area contributed by atoms with Crippen LogP contribution in [0.3, 0.4) is 0 Å². The Morgan fingerprint density at radius 3 is 3.27 bits per heavy atom. The van der Waals surface area contributed by atoms with Crippen molar-refractivity contribution in [3.63, 3.8) is 0 Å². The number of aliphatic imine (C=N–C) groups is 1. The lowest BCUT2D eigenvalue weighted by Gasteiger charge is -2.08. The first-order valence-electron chi connectivity index (χ1n) is 3.62. The first kappa shape index (κ1) is 6.92. The van der Waals surface area contributed by atoms with Gasteiger partial charge < -0.3 is 0 Å². The Kier molecular flexibility index (Phi) is 1.70. The average Bonchev–Trinajstić information content (AvgIpc) is 2.04. The highest BCUT2D eigenvalue weighted by atomic mass is 32.2. The molecule has 1 aliphatic rings. The summed E-state index contributed by atoms with van der Waals surface area (Å²) in [5, 5.41) is 0. The van der Waals surface area contributed by atoms with Gasteiger partial charge in [-0.2, -0.15) is 0 Å². The molecule has 0 bridgehead atoms. The molecule has 0 spiro atoms. The normalized spacial score (nSPS) is 14.6. The van der Waals surface area contributed by atoms with Crippen LogP contribution in [-0.2, 0) is 0 Å². The molecule has 0 fully saturated rings. The van der Waals surface area contributed by atoms with Crippen LogP contribution in [0, 0.1) is 6.92 Å².